The standard InChI is InChI=1S/C20H24O9/c1-11-18(26-13(3)23)17(10-25-12(2)22)29-20(19(11)27-14(4)24)28-16-7-5-15(9-21)6-8-16/h5-9,11,17-20H,10H2,1-4H3/t11-,17?,18+,19?,20+/m0/s1. The van der Waals surface area contributed by atoms with Gasteiger partial charge < -0.3 is 23.7 Å². The van der Waals surface area contributed by atoms with Crippen molar-refractivity contribution in [3.8, 4) is 5.75 Å². The predicted octanol–water partition coefficient (Wildman–Crippen LogP) is 1.67. The van der Waals surface area contributed by atoms with Gasteiger partial charge in [-0.2, -0.15) is 0 Å². The van der Waals surface area contributed by atoms with Crippen LogP contribution in [0.1, 0.15) is 38.1 Å². The van der Waals surface area contributed by atoms with Crippen LogP contribution in [0, 0.1) is 5.92 Å². The second-order valence-corrected chi connectivity index (χ2v) is 6.66. The van der Waals surface area contributed by atoms with Crippen LogP contribution in [0.15, 0.2) is 24.3 Å². The molecule has 1 fully saturated rings. The van der Waals surface area contributed by atoms with E-state index in [1.54, 1.807) is 31.2 Å². The van der Waals surface area contributed by atoms with Gasteiger partial charge in [-0.15, -0.1) is 0 Å². The molecule has 0 aliphatic carbocycles. The zero-order chi connectivity index (χ0) is 21.6. The Balaban J connectivity index is 2.28. The number of benzene rings is 1. The largest absolute Gasteiger partial charge is 0.463 e. The van der Waals surface area contributed by atoms with E-state index in [0.717, 1.165) is 0 Å². The average Bonchev–Trinajstić information content (AvgIpc) is 2.65. The zero-order valence-corrected chi connectivity index (χ0v) is 16.7. The van der Waals surface area contributed by atoms with Gasteiger partial charge in [0.05, 0.1) is 0 Å². The van der Waals surface area contributed by atoms with Crippen LogP contribution in [0.2, 0.25) is 0 Å². The van der Waals surface area contributed by atoms with E-state index >= 15 is 0 Å². The molecule has 0 aromatic heterocycles. The quantitative estimate of drug-likeness (QED) is 0.377. The molecule has 1 aromatic carbocycles. The van der Waals surface area contributed by atoms with Crippen LogP contribution in [-0.4, -0.2) is 55.4 Å². The lowest BCUT2D eigenvalue weighted by Crippen LogP contribution is -2.58. The maximum absolute atomic E-state index is 11.6. The van der Waals surface area contributed by atoms with Crippen LogP contribution in [0.4, 0.5) is 0 Å². The van der Waals surface area contributed by atoms with E-state index in [1.807, 2.05) is 0 Å². The summed E-state index contributed by atoms with van der Waals surface area (Å²) in [5, 5.41) is 0. The molecule has 2 unspecified atom stereocenters. The predicted molar refractivity (Wildman–Crippen MR) is 98.0 cm³/mol. The maximum Gasteiger partial charge on any atom is 0.303 e. The van der Waals surface area contributed by atoms with Crippen molar-refractivity contribution in [1.29, 1.82) is 0 Å². The molecular formula is C20H24O9. The molecule has 29 heavy (non-hydrogen) atoms. The lowest BCUT2D eigenvalue weighted by molar-refractivity contribution is -0.271. The molecule has 9 nitrogen and oxygen atoms in total. The van der Waals surface area contributed by atoms with Crippen LogP contribution in [-0.2, 0) is 33.3 Å². The van der Waals surface area contributed by atoms with Crippen LogP contribution in [0.25, 0.3) is 0 Å². The third-order valence-electron chi connectivity index (χ3n) is 4.30. The Hall–Kier alpha value is -2.94. The Bertz CT molecular complexity index is 741. The number of carbonyl (C=O) groups is 4. The highest BCUT2D eigenvalue weighted by Crippen LogP contribution is 2.32. The molecule has 1 heterocycles. The fraction of sp³-hybridized carbons (Fsp3) is 0.500. The van der Waals surface area contributed by atoms with E-state index in [-0.39, 0.29) is 6.61 Å². The first kappa shape index (κ1) is 22.4. The van der Waals surface area contributed by atoms with Gasteiger partial charge in [-0.3, -0.25) is 19.2 Å². The van der Waals surface area contributed by atoms with Crippen molar-refractivity contribution in [3.05, 3.63) is 29.8 Å². The third-order valence-corrected chi connectivity index (χ3v) is 4.30. The summed E-state index contributed by atoms with van der Waals surface area (Å²) >= 11 is 0. The Morgan fingerprint density at radius 2 is 1.55 bits per heavy atom. The highest BCUT2D eigenvalue weighted by atomic mass is 16.7. The number of rotatable bonds is 7. The molecule has 1 saturated heterocycles. The Labute approximate surface area is 168 Å². The topological polar surface area (TPSA) is 114 Å². The van der Waals surface area contributed by atoms with E-state index in [0.29, 0.717) is 17.6 Å². The molecule has 2 rings (SSSR count). The van der Waals surface area contributed by atoms with Gasteiger partial charge in [-0.05, 0) is 24.3 Å². The fourth-order valence-electron chi connectivity index (χ4n) is 3.02. The van der Waals surface area contributed by atoms with Crippen molar-refractivity contribution < 1.29 is 42.9 Å². The van der Waals surface area contributed by atoms with Crippen molar-refractivity contribution in [2.75, 3.05) is 6.61 Å². The van der Waals surface area contributed by atoms with E-state index in [4.69, 9.17) is 23.7 Å². The number of ether oxygens (including phenoxy) is 5. The summed E-state index contributed by atoms with van der Waals surface area (Å²) < 4.78 is 27.5. The Morgan fingerprint density at radius 3 is 2.07 bits per heavy atom. The van der Waals surface area contributed by atoms with Gasteiger partial charge in [0.25, 0.3) is 0 Å². The second-order valence-electron chi connectivity index (χ2n) is 6.66. The summed E-state index contributed by atoms with van der Waals surface area (Å²) in [6.45, 7) is 5.28. The van der Waals surface area contributed by atoms with Crippen LogP contribution in [0.3, 0.4) is 0 Å². The Morgan fingerprint density at radius 1 is 0.966 bits per heavy atom. The van der Waals surface area contributed by atoms with Crippen molar-refractivity contribution in [3.63, 3.8) is 0 Å². The number of carbonyl (C=O) groups excluding carboxylic acids is 4. The fourth-order valence-corrected chi connectivity index (χ4v) is 3.02. The first-order chi connectivity index (χ1) is 13.7. The molecule has 0 saturated carbocycles. The highest BCUT2D eigenvalue weighted by molar-refractivity contribution is 5.74. The molecule has 1 aliphatic rings. The molecule has 1 aliphatic heterocycles. The summed E-state index contributed by atoms with van der Waals surface area (Å²) in [4.78, 5) is 45.2. The monoisotopic (exact) mass is 408 g/mol. The van der Waals surface area contributed by atoms with E-state index in [9.17, 15) is 19.2 Å². The number of hydrogen-bond donors (Lipinski definition) is 0. The summed E-state index contributed by atoms with van der Waals surface area (Å²) in [5.41, 5.74) is 0.467. The van der Waals surface area contributed by atoms with Gasteiger partial charge in [0.2, 0.25) is 6.29 Å². The van der Waals surface area contributed by atoms with Crippen molar-refractivity contribution in [2.24, 2.45) is 5.92 Å². The van der Waals surface area contributed by atoms with E-state index in [2.05, 4.69) is 0 Å². The number of esters is 3. The lowest BCUT2D eigenvalue weighted by atomic mass is 9.90. The van der Waals surface area contributed by atoms with Crippen molar-refractivity contribution in [1.82, 2.24) is 0 Å². The first-order valence-corrected chi connectivity index (χ1v) is 9.06. The second kappa shape index (κ2) is 10.0. The third kappa shape index (κ3) is 6.28. The van der Waals surface area contributed by atoms with Gasteiger partial charge >= 0.3 is 17.9 Å². The molecule has 0 amide bonds. The summed E-state index contributed by atoms with van der Waals surface area (Å²) in [6.07, 6.45) is -2.90. The van der Waals surface area contributed by atoms with E-state index < -0.39 is 48.4 Å². The molecule has 158 valence electrons. The molecular weight excluding hydrogens is 384 g/mol. The zero-order valence-electron chi connectivity index (χ0n) is 16.7. The molecule has 0 N–H and O–H groups in total. The number of aldehydes is 1. The Kier molecular flexibility index (Phi) is 7.72. The van der Waals surface area contributed by atoms with Gasteiger partial charge in [-0.25, -0.2) is 0 Å². The number of hydrogen-bond acceptors (Lipinski definition) is 9. The minimum Gasteiger partial charge on any atom is -0.463 e. The molecule has 1 aromatic rings. The van der Waals surface area contributed by atoms with Gasteiger partial charge in [-0.1, -0.05) is 6.92 Å². The van der Waals surface area contributed by atoms with E-state index in [1.165, 1.54) is 20.8 Å². The average molecular weight is 408 g/mol. The van der Waals surface area contributed by atoms with Gasteiger partial charge in [0.15, 0.2) is 6.10 Å². The van der Waals surface area contributed by atoms with Crippen LogP contribution >= 0.6 is 0 Å². The maximum atomic E-state index is 11.6. The van der Waals surface area contributed by atoms with Crippen LogP contribution in [0.5, 0.6) is 5.75 Å². The molecule has 5 atom stereocenters. The molecule has 0 bridgehead atoms. The van der Waals surface area contributed by atoms with Gasteiger partial charge in [0.1, 0.15) is 30.9 Å². The minimum atomic E-state index is -1.05. The normalized spacial score (nSPS) is 26.1. The molecule has 0 radical (unpaired) electrons. The van der Waals surface area contributed by atoms with Crippen LogP contribution < -0.4 is 4.74 Å². The smallest absolute Gasteiger partial charge is 0.303 e. The van der Waals surface area contributed by atoms with Crippen molar-refractivity contribution in [2.45, 2.75) is 52.3 Å². The first-order valence-electron chi connectivity index (χ1n) is 9.06. The minimum absolute atomic E-state index is 0.172. The highest BCUT2D eigenvalue weighted by Gasteiger charge is 2.49. The molecule has 9 heteroatoms. The summed E-state index contributed by atoms with van der Waals surface area (Å²) in [6, 6.07) is 6.27. The lowest BCUT2D eigenvalue weighted by Gasteiger charge is -2.43. The molecule has 0 spiro atoms. The summed E-state index contributed by atoms with van der Waals surface area (Å²) in [5.74, 6) is -1.77. The summed E-state index contributed by atoms with van der Waals surface area (Å²) in [7, 11) is 0. The van der Waals surface area contributed by atoms with Crippen molar-refractivity contribution >= 4 is 24.2 Å². The van der Waals surface area contributed by atoms with Gasteiger partial charge in [0, 0.05) is 32.3 Å². The SMILES string of the molecule is CC(=O)OCC1O[C@@H](Oc2ccc(C=O)cc2)C(OC(C)=O)[C@@H](C)[C@H]1OC(C)=O.